The van der Waals surface area contributed by atoms with Gasteiger partial charge in [0, 0.05) is 13.1 Å². The molecule has 0 radical (unpaired) electrons. The van der Waals surface area contributed by atoms with Gasteiger partial charge in [-0.15, -0.1) is 0 Å². The third-order valence-corrected chi connectivity index (χ3v) is 5.35. The molecular formula is C21H23N3O3. The van der Waals surface area contributed by atoms with Gasteiger partial charge < -0.3 is 15.0 Å². The van der Waals surface area contributed by atoms with Crippen molar-refractivity contribution in [3.8, 4) is 5.75 Å². The molecule has 2 amide bonds. The van der Waals surface area contributed by atoms with E-state index in [1.54, 1.807) is 30.2 Å². The van der Waals surface area contributed by atoms with Crippen molar-refractivity contribution in [3.63, 3.8) is 0 Å². The summed E-state index contributed by atoms with van der Waals surface area (Å²) in [4.78, 5) is 31.4. The topological polar surface area (TPSA) is 71.5 Å². The summed E-state index contributed by atoms with van der Waals surface area (Å²) in [7, 11) is 1.66. The smallest absolute Gasteiger partial charge is 0.272 e. The number of hydrogen-bond donors (Lipinski definition) is 1. The lowest BCUT2D eigenvalue weighted by atomic mass is 10.1. The lowest BCUT2D eigenvalue weighted by molar-refractivity contribution is 0.0787. The molecule has 0 saturated carbocycles. The minimum absolute atomic E-state index is 0.0673. The van der Waals surface area contributed by atoms with E-state index in [2.05, 4.69) is 10.3 Å². The van der Waals surface area contributed by atoms with Crippen LogP contribution < -0.4 is 10.1 Å². The summed E-state index contributed by atoms with van der Waals surface area (Å²) in [6.07, 6.45) is 3.74. The zero-order valence-corrected chi connectivity index (χ0v) is 15.4. The number of ether oxygens (including phenoxy) is 1. The molecule has 1 atom stereocenters. The molecule has 140 valence electrons. The summed E-state index contributed by atoms with van der Waals surface area (Å²) >= 11 is 0. The lowest BCUT2D eigenvalue weighted by Crippen LogP contribution is -2.31. The molecule has 27 heavy (non-hydrogen) atoms. The van der Waals surface area contributed by atoms with Crippen LogP contribution in [0.1, 0.15) is 57.4 Å². The molecule has 2 aliphatic rings. The van der Waals surface area contributed by atoms with Crippen LogP contribution in [-0.2, 0) is 6.42 Å². The number of amides is 2. The Balaban J connectivity index is 1.50. The van der Waals surface area contributed by atoms with Gasteiger partial charge in [0.1, 0.15) is 17.1 Å². The van der Waals surface area contributed by atoms with Gasteiger partial charge in [-0.2, -0.15) is 0 Å². The number of nitrogens with one attached hydrogen (secondary N) is 1. The molecule has 1 aromatic heterocycles. The van der Waals surface area contributed by atoms with Crippen molar-refractivity contribution in [2.45, 2.75) is 31.7 Å². The fourth-order valence-electron chi connectivity index (χ4n) is 3.96. The maximum atomic E-state index is 12.7. The van der Waals surface area contributed by atoms with Crippen LogP contribution >= 0.6 is 0 Å². The lowest BCUT2D eigenvalue weighted by Gasteiger charge is -2.16. The third kappa shape index (κ3) is 3.39. The fourth-order valence-corrected chi connectivity index (χ4v) is 3.96. The van der Waals surface area contributed by atoms with Gasteiger partial charge in [-0.1, -0.05) is 18.2 Å². The first-order valence-corrected chi connectivity index (χ1v) is 9.40. The van der Waals surface area contributed by atoms with Gasteiger partial charge in [0.05, 0.1) is 13.2 Å². The van der Waals surface area contributed by atoms with Crippen molar-refractivity contribution in [3.05, 3.63) is 58.9 Å². The second-order valence-electron chi connectivity index (χ2n) is 7.00. The van der Waals surface area contributed by atoms with Gasteiger partial charge in [0.25, 0.3) is 11.8 Å². The molecule has 1 aliphatic heterocycles. The van der Waals surface area contributed by atoms with Gasteiger partial charge in [-0.25, -0.2) is 4.98 Å². The van der Waals surface area contributed by atoms with E-state index in [-0.39, 0.29) is 23.6 Å². The van der Waals surface area contributed by atoms with Crippen LogP contribution in [0, 0.1) is 0 Å². The summed E-state index contributed by atoms with van der Waals surface area (Å²) in [5.41, 5.74) is 2.85. The van der Waals surface area contributed by atoms with Gasteiger partial charge in [0.15, 0.2) is 0 Å². The van der Waals surface area contributed by atoms with Crippen LogP contribution in [0.3, 0.4) is 0 Å². The first-order valence-electron chi connectivity index (χ1n) is 9.40. The molecule has 2 heterocycles. The van der Waals surface area contributed by atoms with Crippen molar-refractivity contribution < 1.29 is 14.3 Å². The molecular weight excluding hydrogens is 342 g/mol. The number of rotatable bonds is 4. The van der Waals surface area contributed by atoms with Crippen LogP contribution in [0.5, 0.6) is 5.75 Å². The van der Waals surface area contributed by atoms with Crippen LogP contribution in [0.15, 0.2) is 36.4 Å². The van der Waals surface area contributed by atoms with Gasteiger partial charge in [-0.05, 0) is 55.0 Å². The summed E-state index contributed by atoms with van der Waals surface area (Å²) < 4.78 is 5.42. The monoisotopic (exact) mass is 365 g/mol. The normalized spacial score (nSPS) is 18.3. The van der Waals surface area contributed by atoms with Gasteiger partial charge in [0.2, 0.25) is 0 Å². The predicted molar refractivity (Wildman–Crippen MR) is 101 cm³/mol. The van der Waals surface area contributed by atoms with E-state index < -0.39 is 0 Å². The first-order chi connectivity index (χ1) is 13.2. The second-order valence-corrected chi connectivity index (χ2v) is 7.00. The summed E-state index contributed by atoms with van der Waals surface area (Å²) in [6.45, 7) is 1.52. The third-order valence-electron chi connectivity index (χ3n) is 5.35. The van der Waals surface area contributed by atoms with Crippen LogP contribution in [0.4, 0.5) is 0 Å². The number of hydrogen-bond acceptors (Lipinski definition) is 4. The molecule has 6 nitrogen and oxygen atoms in total. The first kappa shape index (κ1) is 17.5. The Kier molecular flexibility index (Phi) is 4.79. The maximum Gasteiger partial charge on any atom is 0.272 e. The minimum atomic E-state index is -0.258. The second kappa shape index (κ2) is 7.39. The quantitative estimate of drug-likeness (QED) is 0.904. The molecule has 4 rings (SSSR count). The number of methoxy groups -OCH3 is 1. The highest BCUT2D eigenvalue weighted by Crippen LogP contribution is 2.36. The van der Waals surface area contributed by atoms with Crippen LogP contribution in [0.2, 0.25) is 0 Å². The summed E-state index contributed by atoms with van der Waals surface area (Å²) in [6, 6.07) is 10.9. The average Bonchev–Trinajstić information content (AvgIpc) is 3.38. The average molecular weight is 365 g/mol. The largest absolute Gasteiger partial charge is 0.496 e. The standard InChI is InChI=1S/C21H23N3O3/c1-27-19-9-4-6-14-15(19)10-11-16(14)23-20(25)17-7-5-8-18(22-17)21(26)24-12-2-3-13-24/h4-9,16H,2-3,10-13H2,1H3,(H,23,25). The van der Waals surface area contributed by atoms with E-state index in [0.717, 1.165) is 55.6 Å². The molecule has 1 aromatic carbocycles. The van der Waals surface area contributed by atoms with Crippen LogP contribution in [0.25, 0.3) is 0 Å². The van der Waals surface area contributed by atoms with E-state index in [4.69, 9.17) is 4.74 Å². The Bertz CT molecular complexity index is 875. The minimum Gasteiger partial charge on any atom is -0.496 e. The van der Waals surface area contributed by atoms with Crippen molar-refractivity contribution in [2.75, 3.05) is 20.2 Å². The molecule has 6 heteroatoms. The predicted octanol–water partition coefficient (Wildman–Crippen LogP) is 2.74. The molecule has 1 N–H and O–H groups in total. The molecule has 0 bridgehead atoms. The number of carbonyl (C=O) groups excluding carboxylic acids is 2. The van der Waals surface area contributed by atoms with Gasteiger partial charge >= 0.3 is 0 Å². The van der Waals surface area contributed by atoms with Gasteiger partial charge in [-0.3, -0.25) is 9.59 Å². The SMILES string of the molecule is COc1cccc2c1CCC2NC(=O)c1cccc(C(=O)N2CCCC2)n1. The molecule has 2 aromatic rings. The highest BCUT2D eigenvalue weighted by molar-refractivity contribution is 5.96. The summed E-state index contributed by atoms with van der Waals surface area (Å²) in [5.74, 6) is 0.505. The van der Waals surface area contributed by atoms with Crippen molar-refractivity contribution in [1.29, 1.82) is 0 Å². The number of aromatic nitrogens is 1. The molecule has 0 spiro atoms. The van der Waals surface area contributed by atoms with Crippen LogP contribution in [-0.4, -0.2) is 41.9 Å². The molecule has 1 saturated heterocycles. The Hall–Kier alpha value is -2.89. The van der Waals surface area contributed by atoms with E-state index in [0.29, 0.717) is 5.69 Å². The number of carbonyl (C=O) groups is 2. The molecule has 1 fully saturated rings. The van der Waals surface area contributed by atoms with Crippen molar-refractivity contribution >= 4 is 11.8 Å². The number of benzene rings is 1. The summed E-state index contributed by atoms with van der Waals surface area (Å²) in [5, 5.41) is 3.06. The Morgan fingerprint density at radius 2 is 1.85 bits per heavy atom. The number of pyridine rings is 1. The highest BCUT2D eigenvalue weighted by atomic mass is 16.5. The molecule has 1 unspecified atom stereocenters. The van der Waals surface area contributed by atoms with E-state index in [9.17, 15) is 9.59 Å². The number of fused-ring (bicyclic) bond motifs is 1. The van der Waals surface area contributed by atoms with E-state index in [1.807, 2.05) is 18.2 Å². The van der Waals surface area contributed by atoms with E-state index >= 15 is 0 Å². The Morgan fingerprint density at radius 1 is 1.11 bits per heavy atom. The molecule has 1 aliphatic carbocycles. The zero-order valence-electron chi connectivity index (χ0n) is 15.4. The number of likely N-dealkylation sites (tertiary alicyclic amines) is 1. The Labute approximate surface area is 158 Å². The van der Waals surface area contributed by atoms with Crippen molar-refractivity contribution in [1.82, 2.24) is 15.2 Å². The zero-order chi connectivity index (χ0) is 18.8. The number of nitrogens with zero attached hydrogens (tertiary/aromatic N) is 2. The van der Waals surface area contributed by atoms with E-state index in [1.165, 1.54) is 0 Å². The fraction of sp³-hybridized carbons (Fsp3) is 0.381. The highest BCUT2D eigenvalue weighted by Gasteiger charge is 2.27. The Morgan fingerprint density at radius 3 is 2.63 bits per heavy atom. The maximum absolute atomic E-state index is 12.7. The van der Waals surface area contributed by atoms with Crippen molar-refractivity contribution in [2.24, 2.45) is 0 Å².